The highest BCUT2D eigenvalue weighted by molar-refractivity contribution is 6.01. The van der Waals surface area contributed by atoms with Gasteiger partial charge in [0.25, 0.3) is 0 Å². The van der Waals surface area contributed by atoms with Crippen molar-refractivity contribution in [3.05, 3.63) is 11.5 Å². The lowest BCUT2D eigenvalue weighted by molar-refractivity contribution is -0.128. The summed E-state index contributed by atoms with van der Waals surface area (Å²) in [4.78, 5) is 17.9. The van der Waals surface area contributed by atoms with Crippen LogP contribution in [0.3, 0.4) is 0 Å². The smallest absolute Gasteiger partial charge is 0.232 e. The van der Waals surface area contributed by atoms with E-state index in [0.29, 0.717) is 30.4 Å². The minimum absolute atomic E-state index is 0.0291. The van der Waals surface area contributed by atoms with E-state index in [9.17, 15) is 9.18 Å². The van der Waals surface area contributed by atoms with Gasteiger partial charge in [-0.1, -0.05) is 19.3 Å². The first-order valence-corrected chi connectivity index (χ1v) is 11.6. The van der Waals surface area contributed by atoms with Crippen LogP contribution >= 0.6 is 0 Å². The number of nitrogens with one attached hydrogen (secondary N) is 1. The maximum Gasteiger partial charge on any atom is 0.232 e. The predicted molar refractivity (Wildman–Crippen MR) is 110 cm³/mol. The third-order valence-corrected chi connectivity index (χ3v) is 7.22. The van der Waals surface area contributed by atoms with Crippen LogP contribution in [0.1, 0.15) is 83.5 Å². The molecule has 1 saturated heterocycles. The standard InChI is InChI=1S/C23H35FN2O3/c1-28-21-13-7-5-11-19(21)25-22(27)16-14-15-8-2-6-12-20(15)29-23(16)26-18-10-4-3-9-17(18)24/h15-16,19-21H,2-14H2,1H3,(H,25,27). The maximum atomic E-state index is 14.3. The summed E-state index contributed by atoms with van der Waals surface area (Å²) in [5, 5.41) is 3.23. The number of fused-ring (bicyclic) bond motifs is 1. The zero-order chi connectivity index (χ0) is 20.2. The van der Waals surface area contributed by atoms with E-state index in [1.165, 1.54) is 6.42 Å². The van der Waals surface area contributed by atoms with Gasteiger partial charge in [-0.05, 0) is 63.7 Å². The van der Waals surface area contributed by atoms with Crippen LogP contribution in [0.15, 0.2) is 16.5 Å². The summed E-state index contributed by atoms with van der Waals surface area (Å²) < 4.78 is 26.2. The van der Waals surface area contributed by atoms with E-state index in [0.717, 1.165) is 64.2 Å². The van der Waals surface area contributed by atoms with Crippen LogP contribution in [0, 0.1) is 11.8 Å². The molecule has 1 heterocycles. The van der Waals surface area contributed by atoms with Crippen LogP contribution in [0.25, 0.3) is 0 Å². The van der Waals surface area contributed by atoms with Crippen molar-refractivity contribution in [2.75, 3.05) is 7.11 Å². The van der Waals surface area contributed by atoms with Crippen molar-refractivity contribution in [3.8, 4) is 0 Å². The van der Waals surface area contributed by atoms with E-state index in [1.54, 1.807) is 7.11 Å². The number of hydrogen-bond donors (Lipinski definition) is 1. The fourth-order valence-electron chi connectivity index (χ4n) is 5.49. The molecule has 162 valence electrons. The van der Waals surface area contributed by atoms with E-state index in [4.69, 9.17) is 9.47 Å². The molecule has 1 aliphatic heterocycles. The zero-order valence-corrected chi connectivity index (χ0v) is 17.6. The fourth-order valence-corrected chi connectivity index (χ4v) is 5.49. The van der Waals surface area contributed by atoms with Crippen LogP contribution in [0.5, 0.6) is 0 Å². The highest BCUT2D eigenvalue weighted by Crippen LogP contribution is 2.38. The average Bonchev–Trinajstić information content (AvgIpc) is 2.75. The average molecular weight is 407 g/mol. The molecule has 1 N–H and O–H groups in total. The van der Waals surface area contributed by atoms with Gasteiger partial charge < -0.3 is 14.8 Å². The van der Waals surface area contributed by atoms with Gasteiger partial charge >= 0.3 is 0 Å². The molecule has 0 bridgehead atoms. The molecular weight excluding hydrogens is 371 g/mol. The number of methoxy groups -OCH3 is 1. The fraction of sp³-hybridized carbons (Fsp3) is 0.826. The van der Waals surface area contributed by atoms with Crippen molar-refractivity contribution in [1.29, 1.82) is 0 Å². The zero-order valence-electron chi connectivity index (χ0n) is 17.6. The molecule has 5 nitrogen and oxygen atoms in total. The van der Waals surface area contributed by atoms with Crippen molar-refractivity contribution in [2.45, 2.75) is 102 Å². The van der Waals surface area contributed by atoms with Crippen molar-refractivity contribution in [2.24, 2.45) is 16.8 Å². The summed E-state index contributed by atoms with van der Waals surface area (Å²) >= 11 is 0. The second-order valence-corrected chi connectivity index (χ2v) is 9.17. The van der Waals surface area contributed by atoms with Gasteiger partial charge in [-0.3, -0.25) is 4.79 Å². The lowest BCUT2D eigenvalue weighted by Gasteiger charge is -2.40. The number of halogens is 1. The second-order valence-electron chi connectivity index (χ2n) is 9.17. The molecule has 0 aromatic carbocycles. The molecule has 0 spiro atoms. The Morgan fingerprint density at radius 3 is 2.66 bits per heavy atom. The lowest BCUT2D eigenvalue weighted by Crippen LogP contribution is -2.52. The number of aliphatic imine (C=N–C) groups is 1. The number of allylic oxidation sites excluding steroid dienone is 2. The first kappa shape index (κ1) is 20.8. The van der Waals surface area contributed by atoms with Gasteiger partial charge in [-0.2, -0.15) is 0 Å². The molecule has 0 aromatic rings. The third-order valence-electron chi connectivity index (χ3n) is 7.22. The summed E-state index contributed by atoms with van der Waals surface area (Å²) in [6.07, 6.45) is 12.5. The van der Waals surface area contributed by atoms with Crippen LogP contribution in [-0.2, 0) is 14.3 Å². The van der Waals surface area contributed by atoms with Crippen LogP contribution < -0.4 is 5.32 Å². The van der Waals surface area contributed by atoms with Gasteiger partial charge in [0.15, 0.2) is 0 Å². The molecule has 1 amide bonds. The predicted octanol–water partition coefficient (Wildman–Crippen LogP) is 4.81. The highest BCUT2D eigenvalue weighted by Gasteiger charge is 2.42. The quantitative estimate of drug-likeness (QED) is 0.729. The minimum Gasteiger partial charge on any atom is -0.477 e. The molecule has 0 radical (unpaired) electrons. The van der Waals surface area contributed by atoms with Crippen molar-refractivity contribution >= 4 is 11.8 Å². The Hall–Kier alpha value is -1.43. The molecular formula is C23H35FN2O3. The molecule has 4 aliphatic rings. The SMILES string of the molecule is COC1CCCCC1NC(=O)C1CC2CCCCC2OC1=NC1=C(F)CCCC1. The molecule has 5 unspecified atom stereocenters. The van der Waals surface area contributed by atoms with E-state index >= 15 is 0 Å². The van der Waals surface area contributed by atoms with Gasteiger partial charge in [0.05, 0.1) is 17.8 Å². The summed E-state index contributed by atoms with van der Waals surface area (Å²) in [7, 11) is 1.72. The second kappa shape index (κ2) is 9.59. The molecule has 0 aromatic heterocycles. The molecule has 2 saturated carbocycles. The number of hydrogen-bond acceptors (Lipinski definition) is 4. The normalized spacial score (nSPS) is 37.0. The Balaban J connectivity index is 1.54. The molecule has 3 aliphatic carbocycles. The van der Waals surface area contributed by atoms with Gasteiger partial charge in [0.1, 0.15) is 17.8 Å². The molecule has 3 fully saturated rings. The number of nitrogens with zero attached hydrogens (tertiary/aromatic N) is 1. The monoisotopic (exact) mass is 406 g/mol. The first-order valence-electron chi connectivity index (χ1n) is 11.6. The Morgan fingerprint density at radius 2 is 1.83 bits per heavy atom. The minimum atomic E-state index is -0.420. The molecule has 6 heteroatoms. The van der Waals surface area contributed by atoms with E-state index in [2.05, 4.69) is 10.3 Å². The number of rotatable bonds is 4. The van der Waals surface area contributed by atoms with Crippen molar-refractivity contribution in [1.82, 2.24) is 5.32 Å². The maximum absolute atomic E-state index is 14.3. The van der Waals surface area contributed by atoms with E-state index in [1.807, 2.05) is 0 Å². The Morgan fingerprint density at radius 1 is 1.07 bits per heavy atom. The summed E-state index contributed by atoms with van der Waals surface area (Å²) in [5.41, 5.74) is 0.491. The lowest BCUT2D eigenvalue weighted by atomic mass is 9.78. The van der Waals surface area contributed by atoms with Gasteiger partial charge in [-0.25, -0.2) is 9.38 Å². The Bertz CT molecular complexity index is 663. The first-order chi connectivity index (χ1) is 14.2. The van der Waals surface area contributed by atoms with Crippen LogP contribution in [-0.4, -0.2) is 37.2 Å². The number of carbonyl (C=O) groups excluding carboxylic acids is 1. The number of carbonyl (C=O) groups is 1. The largest absolute Gasteiger partial charge is 0.477 e. The van der Waals surface area contributed by atoms with Crippen LogP contribution in [0.2, 0.25) is 0 Å². The third kappa shape index (κ3) is 4.84. The molecule has 5 atom stereocenters. The van der Waals surface area contributed by atoms with Crippen LogP contribution in [0.4, 0.5) is 4.39 Å². The summed E-state index contributed by atoms with van der Waals surface area (Å²) in [5.74, 6) is 0.259. The number of amides is 1. The Labute approximate surface area is 173 Å². The van der Waals surface area contributed by atoms with Crippen molar-refractivity contribution in [3.63, 3.8) is 0 Å². The molecule has 4 rings (SSSR count). The summed E-state index contributed by atoms with van der Waals surface area (Å²) in [6, 6.07) is 0.0391. The van der Waals surface area contributed by atoms with Gasteiger partial charge in [-0.15, -0.1) is 0 Å². The van der Waals surface area contributed by atoms with E-state index in [-0.39, 0.29) is 30.0 Å². The van der Waals surface area contributed by atoms with Gasteiger partial charge in [0.2, 0.25) is 11.8 Å². The highest BCUT2D eigenvalue weighted by atomic mass is 19.1. The Kier molecular flexibility index (Phi) is 6.88. The van der Waals surface area contributed by atoms with E-state index < -0.39 is 5.92 Å². The molecule has 29 heavy (non-hydrogen) atoms. The number of ether oxygens (including phenoxy) is 2. The van der Waals surface area contributed by atoms with Crippen molar-refractivity contribution < 1.29 is 18.7 Å². The van der Waals surface area contributed by atoms with Gasteiger partial charge in [0, 0.05) is 13.5 Å². The summed E-state index contributed by atoms with van der Waals surface area (Å²) in [6.45, 7) is 0. The topological polar surface area (TPSA) is 59.9 Å².